The lowest BCUT2D eigenvalue weighted by molar-refractivity contribution is 0.103. The summed E-state index contributed by atoms with van der Waals surface area (Å²) in [4.78, 5) is 2.65. The standard InChI is InChI=1S/C14H25N3/c1-12-9-16-10-14(7-8-15)17(11-12)13-5-3-2-4-6-13/h12-14,16H,2-7,9-11H2,1H3. The third-order valence-electron chi connectivity index (χ3n) is 4.23. The van der Waals surface area contributed by atoms with E-state index in [1.165, 1.54) is 38.6 Å². The van der Waals surface area contributed by atoms with Gasteiger partial charge in [0.2, 0.25) is 0 Å². The van der Waals surface area contributed by atoms with Crippen molar-refractivity contribution >= 4 is 0 Å². The molecule has 2 aliphatic rings. The van der Waals surface area contributed by atoms with E-state index in [4.69, 9.17) is 5.26 Å². The van der Waals surface area contributed by atoms with Crippen molar-refractivity contribution in [2.45, 2.75) is 57.5 Å². The summed E-state index contributed by atoms with van der Waals surface area (Å²) in [7, 11) is 0. The fraction of sp³-hybridized carbons (Fsp3) is 0.929. The third kappa shape index (κ3) is 3.43. The van der Waals surface area contributed by atoms with Crippen LogP contribution < -0.4 is 5.32 Å². The highest BCUT2D eigenvalue weighted by molar-refractivity contribution is 4.91. The molecule has 1 aliphatic carbocycles. The predicted octanol–water partition coefficient (Wildman–Crippen LogP) is 2.14. The van der Waals surface area contributed by atoms with E-state index in [-0.39, 0.29) is 0 Å². The molecule has 2 unspecified atom stereocenters. The summed E-state index contributed by atoms with van der Waals surface area (Å²) in [5.41, 5.74) is 0. The van der Waals surface area contributed by atoms with Gasteiger partial charge in [0.25, 0.3) is 0 Å². The fourth-order valence-electron chi connectivity index (χ4n) is 3.34. The molecule has 0 aromatic heterocycles. The number of rotatable bonds is 2. The molecule has 1 saturated heterocycles. The molecule has 0 aromatic carbocycles. The van der Waals surface area contributed by atoms with E-state index < -0.39 is 0 Å². The molecule has 2 atom stereocenters. The molecule has 1 saturated carbocycles. The Hall–Kier alpha value is -0.590. The largest absolute Gasteiger partial charge is 0.315 e. The SMILES string of the molecule is CC1CNCC(CC#N)N(C2CCCCC2)C1. The van der Waals surface area contributed by atoms with E-state index in [0.717, 1.165) is 19.1 Å². The minimum absolute atomic E-state index is 0.438. The predicted molar refractivity (Wildman–Crippen MR) is 69.6 cm³/mol. The van der Waals surface area contributed by atoms with Gasteiger partial charge in [0, 0.05) is 25.2 Å². The van der Waals surface area contributed by atoms with Crippen molar-refractivity contribution in [3.8, 4) is 6.07 Å². The van der Waals surface area contributed by atoms with Gasteiger partial charge in [-0.2, -0.15) is 5.26 Å². The van der Waals surface area contributed by atoms with Crippen LogP contribution in [0.1, 0.15) is 45.4 Å². The van der Waals surface area contributed by atoms with Crippen LogP contribution in [0.25, 0.3) is 0 Å². The van der Waals surface area contributed by atoms with Crippen molar-refractivity contribution in [2.75, 3.05) is 19.6 Å². The minimum Gasteiger partial charge on any atom is -0.315 e. The molecule has 2 fully saturated rings. The average Bonchev–Trinajstić information content (AvgIpc) is 2.53. The van der Waals surface area contributed by atoms with E-state index in [2.05, 4.69) is 23.2 Å². The van der Waals surface area contributed by atoms with Gasteiger partial charge in [0.1, 0.15) is 0 Å². The van der Waals surface area contributed by atoms with Crippen molar-refractivity contribution in [1.82, 2.24) is 10.2 Å². The Labute approximate surface area is 105 Å². The molecule has 1 heterocycles. The first kappa shape index (κ1) is 12.9. The first-order chi connectivity index (χ1) is 8.31. The zero-order valence-electron chi connectivity index (χ0n) is 11.0. The Bertz CT molecular complexity index is 265. The molecular weight excluding hydrogens is 210 g/mol. The molecule has 1 aliphatic heterocycles. The summed E-state index contributed by atoms with van der Waals surface area (Å²) in [5.74, 6) is 0.709. The Kier molecular flexibility index (Phi) is 4.82. The van der Waals surface area contributed by atoms with Gasteiger partial charge >= 0.3 is 0 Å². The lowest BCUT2D eigenvalue weighted by Crippen LogP contribution is -2.47. The van der Waals surface area contributed by atoms with Crippen LogP contribution in [-0.4, -0.2) is 36.6 Å². The number of nitriles is 1. The molecule has 17 heavy (non-hydrogen) atoms. The second-order valence-corrected chi connectivity index (χ2v) is 5.77. The van der Waals surface area contributed by atoms with Crippen LogP contribution in [0.2, 0.25) is 0 Å². The van der Waals surface area contributed by atoms with E-state index in [0.29, 0.717) is 18.4 Å². The van der Waals surface area contributed by atoms with Crippen LogP contribution in [0.4, 0.5) is 0 Å². The van der Waals surface area contributed by atoms with Gasteiger partial charge in [-0.25, -0.2) is 0 Å². The Morgan fingerprint density at radius 1 is 1.24 bits per heavy atom. The maximum atomic E-state index is 8.99. The van der Waals surface area contributed by atoms with Crippen LogP contribution in [0, 0.1) is 17.2 Å². The summed E-state index contributed by atoms with van der Waals surface area (Å²) < 4.78 is 0. The lowest BCUT2D eigenvalue weighted by atomic mass is 9.92. The first-order valence-corrected chi connectivity index (χ1v) is 7.14. The van der Waals surface area contributed by atoms with E-state index >= 15 is 0 Å². The van der Waals surface area contributed by atoms with Crippen molar-refractivity contribution in [3.05, 3.63) is 0 Å². The first-order valence-electron chi connectivity index (χ1n) is 7.14. The quantitative estimate of drug-likeness (QED) is 0.797. The van der Waals surface area contributed by atoms with Crippen LogP contribution >= 0.6 is 0 Å². The van der Waals surface area contributed by atoms with Crippen LogP contribution in [-0.2, 0) is 0 Å². The maximum Gasteiger partial charge on any atom is 0.0638 e. The van der Waals surface area contributed by atoms with Crippen molar-refractivity contribution < 1.29 is 0 Å². The maximum absolute atomic E-state index is 8.99. The number of hydrogen-bond acceptors (Lipinski definition) is 3. The monoisotopic (exact) mass is 235 g/mol. The Morgan fingerprint density at radius 3 is 2.71 bits per heavy atom. The average molecular weight is 235 g/mol. The van der Waals surface area contributed by atoms with Gasteiger partial charge in [-0.05, 0) is 25.3 Å². The molecule has 1 N–H and O–H groups in total. The summed E-state index contributed by atoms with van der Waals surface area (Å²) in [5, 5.41) is 12.5. The van der Waals surface area contributed by atoms with Crippen molar-refractivity contribution in [1.29, 1.82) is 5.26 Å². The van der Waals surface area contributed by atoms with Gasteiger partial charge in [-0.3, -0.25) is 4.90 Å². The molecule has 0 amide bonds. The second-order valence-electron chi connectivity index (χ2n) is 5.77. The smallest absolute Gasteiger partial charge is 0.0638 e. The molecule has 2 rings (SSSR count). The zero-order chi connectivity index (χ0) is 12.1. The minimum atomic E-state index is 0.438. The highest BCUT2D eigenvalue weighted by atomic mass is 15.2. The molecule has 0 aromatic rings. The third-order valence-corrected chi connectivity index (χ3v) is 4.23. The lowest BCUT2D eigenvalue weighted by Gasteiger charge is -2.38. The van der Waals surface area contributed by atoms with E-state index in [1.807, 2.05) is 0 Å². The molecular formula is C14H25N3. The number of nitrogens with zero attached hydrogens (tertiary/aromatic N) is 2. The molecule has 0 radical (unpaired) electrons. The zero-order valence-corrected chi connectivity index (χ0v) is 11.0. The molecule has 3 nitrogen and oxygen atoms in total. The van der Waals surface area contributed by atoms with Crippen LogP contribution in [0.15, 0.2) is 0 Å². The number of nitrogens with one attached hydrogen (secondary N) is 1. The van der Waals surface area contributed by atoms with Crippen LogP contribution in [0.3, 0.4) is 0 Å². The summed E-state index contributed by atoms with van der Waals surface area (Å²) in [6, 6.07) is 3.55. The van der Waals surface area contributed by atoms with Crippen LogP contribution in [0.5, 0.6) is 0 Å². The van der Waals surface area contributed by atoms with E-state index in [1.54, 1.807) is 0 Å². The molecule has 3 heteroatoms. The highest BCUT2D eigenvalue weighted by Crippen LogP contribution is 2.26. The van der Waals surface area contributed by atoms with Gasteiger partial charge < -0.3 is 5.32 Å². The normalized spacial score (nSPS) is 32.9. The van der Waals surface area contributed by atoms with Gasteiger partial charge in [0.15, 0.2) is 0 Å². The summed E-state index contributed by atoms with van der Waals surface area (Å²) >= 11 is 0. The molecule has 96 valence electrons. The fourth-order valence-corrected chi connectivity index (χ4v) is 3.34. The summed E-state index contributed by atoms with van der Waals surface area (Å²) in [6.07, 6.45) is 7.52. The Balaban J connectivity index is 2.03. The second kappa shape index (κ2) is 6.37. The topological polar surface area (TPSA) is 39.1 Å². The van der Waals surface area contributed by atoms with Gasteiger partial charge in [-0.15, -0.1) is 0 Å². The highest BCUT2D eigenvalue weighted by Gasteiger charge is 2.30. The van der Waals surface area contributed by atoms with Gasteiger partial charge in [-0.1, -0.05) is 26.2 Å². The number of hydrogen-bond donors (Lipinski definition) is 1. The van der Waals surface area contributed by atoms with Crippen molar-refractivity contribution in [3.63, 3.8) is 0 Å². The molecule has 0 bridgehead atoms. The van der Waals surface area contributed by atoms with Gasteiger partial charge in [0.05, 0.1) is 12.5 Å². The Morgan fingerprint density at radius 2 is 2.00 bits per heavy atom. The summed E-state index contributed by atoms with van der Waals surface area (Å²) in [6.45, 7) is 5.58. The van der Waals surface area contributed by atoms with E-state index in [9.17, 15) is 0 Å². The van der Waals surface area contributed by atoms with Crippen molar-refractivity contribution in [2.24, 2.45) is 5.92 Å². The molecule has 0 spiro atoms.